The lowest BCUT2D eigenvalue weighted by atomic mass is 10.1. The molecule has 0 radical (unpaired) electrons. The van der Waals surface area contributed by atoms with Crippen LogP contribution in [0.15, 0.2) is 53.4 Å². The van der Waals surface area contributed by atoms with Crippen molar-refractivity contribution >= 4 is 33.4 Å². The van der Waals surface area contributed by atoms with E-state index in [0.717, 1.165) is 15.4 Å². The molecule has 2 rings (SSSR count). The second-order valence-electron chi connectivity index (χ2n) is 9.39. The van der Waals surface area contributed by atoms with Crippen LogP contribution in [0.4, 0.5) is 0 Å². The van der Waals surface area contributed by atoms with Crippen molar-refractivity contribution in [3.8, 4) is 0 Å². The van der Waals surface area contributed by atoms with E-state index in [4.69, 9.17) is 11.6 Å². The van der Waals surface area contributed by atoms with Crippen molar-refractivity contribution < 1.29 is 18.0 Å². The summed E-state index contributed by atoms with van der Waals surface area (Å²) in [4.78, 5) is 28.0. The van der Waals surface area contributed by atoms with Gasteiger partial charge in [0.15, 0.2) is 0 Å². The van der Waals surface area contributed by atoms with Crippen molar-refractivity contribution in [3.63, 3.8) is 0 Å². The minimum atomic E-state index is -3.88. The summed E-state index contributed by atoms with van der Waals surface area (Å²) in [6.45, 7) is 9.03. The molecule has 0 bridgehead atoms. The highest BCUT2D eigenvalue weighted by Gasteiger charge is 2.33. The van der Waals surface area contributed by atoms with Gasteiger partial charge >= 0.3 is 0 Å². The van der Waals surface area contributed by atoms with Crippen LogP contribution in [-0.4, -0.2) is 54.6 Å². The zero-order valence-electron chi connectivity index (χ0n) is 20.6. The molecule has 0 aliphatic carbocycles. The highest BCUT2D eigenvalue weighted by molar-refractivity contribution is 7.89. The molecule has 2 aromatic carbocycles. The maximum Gasteiger partial charge on any atom is 0.243 e. The van der Waals surface area contributed by atoms with E-state index in [0.29, 0.717) is 11.4 Å². The Morgan fingerprint density at radius 1 is 1.03 bits per heavy atom. The molecule has 0 aromatic heterocycles. The predicted molar refractivity (Wildman–Crippen MR) is 135 cm³/mol. The minimum absolute atomic E-state index is 0.107. The number of likely N-dealkylation sites (N-methyl/N-ethyl adjacent to an activating group) is 1. The predicted octanol–water partition coefficient (Wildman–Crippen LogP) is 3.99. The SMILES string of the molecule is CC[C@H](C(=O)NC(C)(C)C)N(Cc1ccc(Cl)cc1)C(=O)CN(C)S(=O)(=O)c1ccc(C)cc1. The third kappa shape index (κ3) is 7.55. The van der Waals surface area contributed by atoms with E-state index >= 15 is 0 Å². The highest BCUT2D eigenvalue weighted by atomic mass is 35.5. The Bertz CT molecular complexity index is 1090. The standard InChI is InChI=1S/C25H34ClN3O4S/c1-7-22(24(31)27-25(3,4)5)29(16-19-10-12-20(26)13-11-19)23(30)17-28(6)34(32,33)21-14-8-18(2)9-15-21/h8-15,22H,7,16-17H2,1-6H3,(H,27,31)/t22-/m1/s1. The van der Waals surface area contributed by atoms with E-state index in [1.807, 2.05) is 34.6 Å². The number of rotatable bonds is 9. The first-order valence-corrected chi connectivity index (χ1v) is 13.0. The molecule has 0 spiro atoms. The van der Waals surface area contributed by atoms with Crippen LogP contribution in [0.2, 0.25) is 5.02 Å². The number of sulfonamides is 1. The van der Waals surface area contributed by atoms with Crippen LogP contribution in [0.3, 0.4) is 0 Å². The summed E-state index contributed by atoms with van der Waals surface area (Å²) in [5.74, 6) is -0.759. The van der Waals surface area contributed by atoms with Gasteiger partial charge < -0.3 is 10.2 Å². The zero-order valence-corrected chi connectivity index (χ0v) is 22.2. The fourth-order valence-corrected chi connectivity index (χ4v) is 4.66. The Labute approximate surface area is 208 Å². The van der Waals surface area contributed by atoms with E-state index in [-0.39, 0.29) is 17.3 Å². The second-order valence-corrected chi connectivity index (χ2v) is 11.9. The lowest BCUT2D eigenvalue weighted by Crippen LogP contribution is -2.55. The molecule has 186 valence electrons. The Kier molecular flexibility index (Phi) is 9.28. The van der Waals surface area contributed by atoms with Crippen molar-refractivity contribution in [2.24, 2.45) is 0 Å². The molecular weight excluding hydrogens is 474 g/mol. The molecule has 7 nitrogen and oxygen atoms in total. The van der Waals surface area contributed by atoms with Gasteiger partial charge in [-0.1, -0.05) is 48.4 Å². The van der Waals surface area contributed by atoms with E-state index in [9.17, 15) is 18.0 Å². The van der Waals surface area contributed by atoms with Gasteiger partial charge in [0.05, 0.1) is 11.4 Å². The number of aryl methyl sites for hydroxylation is 1. The number of benzene rings is 2. The quantitative estimate of drug-likeness (QED) is 0.556. The van der Waals surface area contributed by atoms with Gasteiger partial charge in [0, 0.05) is 24.2 Å². The number of hydrogen-bond donors (Lipinski definition) is 1. The van der Waals surface area contributed by atoms with Crippen LogP contribution in [0, 0.1) is 6.92 Å². The molecule has 2 amide bonds. The van der Waals surface area contributed by atoms with Crippen LogP contribution in [-0.2, 0) is 26.2 Å². The topological polar surface area (TPSA) is 86.8 Å². The molecular formula is C25H34ClN3O4S. The smallest absolute Gasteiger partial charge is 0.243 e. The van der Waals surface area contributed by atoms with Gasteiger partial charge in [-0.3, -0.25) is 9.59 Å². The first kappa shape index (κ1) is 27.8. The first-order chi connectivity index (χ1) is 15.7. The van der Waals surface area contributed by atoms with E-state index in [2.05, 4.69) is 5.32 Å². The van der Waals surface area contributed by atoms with Crippen molar-refractivity contribution in [3.05, 3.63) is 64.7 Å². The number of hydrogen-bond acceptors (Lipinski definition) is 4. The summed E-state index contributed by atoms with van der Waals surface area (Å²) >= 11 is 5.99. The molecule has 0 aliphatic heterocycles. The van der Waals surface area contributed by atoms with Crippen LogP contribution >= 0.6 is 11.6 Å². The molecule has 0 saturated carbocycles. The monoisotopic (exact) mass is 507 g/mol. The van der Waals surface area contributed by atoms with Gasteiger partial charge in [0.25, 0.3) is 0 Å². The fourth-order valence-electron chi connectivity index (χ4n) is 3.42. The van der Waals surface area contributed by atoms with Crippen molar-refractivity contribution in [2.75, 3.05) is 13.6 Å². The lowest BCUT2D eigenvalue weighted by molar-refractivity contribution is -0.142. The molecule has 0 saturated heterocycles. The second kappa shape index (κ2) is 11.3. The number of carbonyl (C=O) groups is 2. The third-order valence-corrected chi connectivity index (χ3v) is 7.31. The van der Waals surface area contributed by atoms with Crippen molar-refractivity contribution in [1.82, 2.24) is 14.5 Å². The highest BCUT2D eigenvalue weighted by Crippen LogP contribution is 2.19. The Hall–Kier alpha value is -2.42. The van der Waals surface area contributed by atoms with E-state index in [1.165, 1.54) is 24.1 Å². The lowest BCUT2D eigenvalue weighted by Gasteiger charge is -2.34. The third-order valence-electron chi connectivity index (χ3n) is 5.24. The largest absolute Gasteiger partial charge is 0.350 e. The molecule has 0 fully saturated rings. The number of nitrogens with zero attached hydrogens (tertiary/aromatic N) is 2. The minimum Gasteiger partial charge on any atom is -0.350 e. The zero-order chi connectivity index (χ0) is 25.7. The molecule has 1 atom stereocenters. The van der Waals surface area contributed by atoms with Gasteiger partial charge in [-0.25, -0.2) is 8.42 Å². The molecule has 2 aromatic rings. The summed E-state index contributed by atoms with van der Waals surface area (Å²) in [5.41, 5.74) is 1.23. The first-order valence-electron chi connectivity index (χ1n) is 11.1. The summed E-state index contributed by atoms with van der Waals surface area (Å²) in [6, 6.07) is 12.7. The van der Waals surface area contributed by atoms with Crippen LogP contribution in [0.25, 0.3) is 0 Å². The Morgan fingerprint density at radius 2 is 1.59 bits per heavy atom. The molecule has 34 heavy (non-hydrogen) atoms. The molecule has 0 heterocycles. The maximum absolute atomic E-state index is 13.4. The summed E-state index contributed by atoms with van der Waals surface area (Å²) in [5, 5.41) is 3.49. The summed E-state index contributed by atoms with van der Waals surface area (Å²) < 4.78 is 27.1. The Morgan fingerprint density at radius 3 is 2.09 bits per heavy atom. The van der Waals surface area contributed by atoms with Crippen molar-refractivity contribution in [1.29, 1.82) is 0 Å². The summed E-state index contributed by atoms with van der Waals surface area (Å²) in [6.07, 6.45) is 0.371. The number of carbonyl (C=O) groups excluding carboxylic acids is 2. The van der Waals surface area contributed by atoms with Crippen LogP contribution in [0.5, 0.6) is 0 Å². The summed E-state index contributed by atoms with van der Waals surface area (Å²) in [7, 11) is -2.51. The van der Waals surface area contributed by atoms with Crippen LogP contribution < -0.4 is 5.32 Å². The van der Waals surface area contributed by atoms with Gasteiger partial charge in [-0.2, -0.15) is 4.31 Å². The molecule has 1 N–H and O–H groups in total. The molecule has 0 aliphatic rings. The fraction of sp³-hybridized carbons (Fsp3) is 0.440. The van der Waals surface area contributed by atoms with Crippen LogP contribution in [0.1, 0.15) is 45.2 Å². The number of amides is 2. The maximum atomic E-state index is 13.4. The van der Waals surface area contributed by atoms with E-state index < -0.39 is 34.1 Å². The number of halogens is 1. The molecule has 0 unspecified atom stereocenters. The Balaban J connectivity index is 2.34. The number of nitrogens with one attached hydrogen (secondary N) is 1. The van der Waals surface area contributed by atoms with Gasteiger partial charge in [0.1, 0.15) is 6.04 Å². The van der Waals surface area contributed by atoms with Crippen molar-refractivity contribution in [2.45, 2.75) is 64.1 Å². The van der Waals surface area contributed by atoms with Gasteiger partial charge in [-0.05, 0) is 63.9 Å². The average Bonchev–Trinajstić information content (AvgIpc) is 2.74. The van der Waals surface area contributed by atoms with E-state index in [1.54, 1.807) is 36.4 Å². The molecule has 9 heteroatoms. The normalized spacial score (nSPS) is 12.9. The average molecular weight is 508 g/mol. The van der Waals surface area contributed by atoms with Gasteiger partial charge in [-0.15, -0.1) is 0 Å². The van der Waals surface area contributed by atoms with Gasteiger partial charge in [0.2, 0.25) is 21.8 Å².